The molecule has 1 aliphatic rings. The third kappa shape index (κ3) is 1.72. The molecule has 0 atom stereocenters. The molecule has 4 rings (SSSR count). The molecule has 18 heavy (non-hydrogen) atoms. The number of rotatable bonds is 3. The summed E-state index contributed by atoms with van der Waals surface area (Å²) < 4.78 is 2.08. The lowest BCUT2D eigenvalue weighted by Crippen LogP contribution is -1.98. The lowest BCUT2D eigenvalue weighted by Gasteiger charge is -1.99. The summed E-state index contributed by atoms with van der Waals surface area (Å²) in [5.41, 5.74) is 3.63. The van der Waals surface area contributed by atoms with Gasteiger partial charge in [0.15, 0.2) is 0 Å². The van der Waals surface area contributed by atoms with E-state index < -0.39 is 0 Å². The molecule has 1 aliphatic carbocycles. The lowest BCUT2D eigenvalue weighted by atomic mass is 10.1. The van der Waals surface area contributed by atoms with Gasteiger partial charge in [-0.2, -0.15) is 5.10 Å². The average Bonchev–Trinajstić information content (AvgIpc) is 2.91. The zero-order valence-electron chi connectivity index (χ0n) is 10.1. The highest BCUT2D eigenvalue weighted by Crippen LogP contribution is 2.31. The van der Waals surface area contributed by atoms with Crippen LogP contribution in [-0.4, -0.2) is 14.8 Å². The van der Waals surface area contributed by atoms with Gasteiger partial charge >= 0.3 is 0 Å². The highest BCUT2D eigenvalue weighted by atomic mass is 15.3. The average molecular weight is 237 g/mol. The van der Waals surface area contributed by atoms with Crippen molar-refractivity contribution in [1.82, 2.24) is 14.8 Å². The third-order valence-corrected chi connectivity index (χ3v) is 3.66. The van der Waals surface area contributed by atoms with Gasteiger partial charge in [-0.15, -0.1) is 0 Å². The molecule has 0 saturated heterocycles. The predicted octanol–water partition coefficient (Wildman–Crippen LogP) is 3.44. The van der Waals surface area contributed by atoms with Crippen LogP contribution in [-0.2, 0) is 6.54 Å². The number of nitrogens with zero attached hydrogens (tertiary/aromatic N) is 2. The molecule has 2 aromatic heterocycles. The van der Waals surface area contributed by atoms with Gasteiger partial charge in [0.25, 0.3) is 0 Å². The summed E-state index contributed by atoms with van der Waals surface area (Å²) >= 11 is 0. The van der Waals surface area contributed by atoms with Gasteiger partial charge in [-0.1, -0.05) is 6.07 Å². The number of hydrogen-bond donors (Lipinski definition) is 1. The Labute approximate surface area is 105 Å². The van der Waals surface area contributed by atoms with E-state index >= 15 is 0 Å². The van der Waals surface area contributed by atoms with Crippen molar-refractivity contribution in [2.45, 2.75) is 19.4 Å². The topological polar surface area (TPSA) is 33.6 Å². The maximum absolute atomic E-state index is 4.45. The lowest BCUT2D eigenvalue weighted by molar-refractivity contribution is 0.563. The molecule has 0 unspecified atom stereocenters. The van der Waals surface area contributed by atoms with Crippen LogP contribution in [0.5, 0.6) is 0 Å². The summed E-state index contributed by atoms with van der Waals surface area (Å²) in [4.78, 5) is 3.22. The molecule has 0 bridgehead atoms. The van der Waals surface area contributed by atoms with Gasteiger partial charge < -0.3 is 4.98 Å². The minimum Gasteiger partial charge on any atom is -0.361 e. The molecule has 0 aliphatic heterocycles. The quantitative estimate of drug-likeness (QED) is 0.743. The van der Waals surface area contributed by atoms with E-state index in [0.29, 0.717) is 0 Å². The Bertz CT molecular complexity index is 688. The Hall–Kier alpha value is -2.03. The second-order valence-electron chi connectivity index (χ2n) is 5.17. The Balaban J connectivity index is 1.69. The van der Waals surface area contributed by atoms with Crippen molar-refractivity contribution >= 4 is 10.9 Å². The zero-order chi connectivity index (χ0) is 11.9. The number of benzene rings is 1. The van der Waals surface area contributed by atoms with Crippen molar-refractivity contribution in [2.75, 3.05) is 0 Å². The number of hydrogen-bond acceptors (Lipinski definition) is 1. The summed E-state index contributed by atoms with van der Waals surface area (Å²) in [5, 5.41) is 5.70. The van der Waals surface area contributed by atoms with Gasteiger partial charge in [-0.05, 0) is 47.9 Å². The fourth-order valence-electron chi connectivity index (χ4n) is 2.41. The molecular formula is C15H15N3. The molecule has 2 heterocycles. The number of aromatic nitrogens is 3. The minimum absolute atomic E-state index is 0.866. The fourth-order valence-corrected chi connectivity index (χ4v) is 2.41. The molecule has 0 radical (unpaired) electrons. The summed E-state index contributed by atoms with van der Waals surface area (Å²) in [6.45, 7) is 1.08. The van der Waals surface area contributed by atoms with Gasteiger partial charge in [0.1, 0.15) is 0 Å². The van der Waals surface area contributed by atoms with E-state index in [9.17, 15) is 0 Å². The number of fused-ring (bicyclic) bond motifs is 1. The van der Waals surface area contributed by atoms with Crippen LogP contribution in [0.25, 0.3) is 22.0 Å². The Kier molecular flexibility index (Phi) is 2.06. The van der Waals surface area contributed by atoms with Crippen molar-refractivity contribution in [3.8, 4) is 11.1 Å². The zero-order valence-corrected chi connectivity index (χ0v) is 10.1. The monoisotopic (exact) mass is 237 g/mol. The molecule has 1 N–H and O–H groups in total. The smallest absolute Gasteiger partial charge is 0.0568 e. The van der Waals surface area contributed by atoms with Gasteiger partial charge in [-0.3, -0.25) is 4.68 Å². The molecule has 3 aromatic rings. The first-order valence-electron chi connectivity index (χ1n) is 6.48. The maximum Gasteiger partial charge on any atom is 0.0568 e. The van der Waals surface area contributed by atoms with Crippen LogP contribution in [0.3, 0.4) is 0 Å². The number of aromatic amines is 1. The van der Waals surface area contributed by atoms with E-state index in [1.807, 2.05) is 12.4 Å². The molecule has 3 heteroatoms. The van der Waals surface area contributed by atoms with Crippen LogP contribution in [0, 0.1) is 5.92 Å². The number of nitrogens with one attached hydrogen (secondary N) is 1. The molecule has 90 valence electrons. The van der Waals surface area contributed by atoms with E-state index in [1.54, 1.807) is 0 Å². The van der Waals surface area contributed by atoms with Crippen LogP contribution in [0.1, 0.15) is 12.8 Å². The first kappa shape index (κ1) is 9.95. The Morgan fingerprint density at radius 2 is 2.17 bits per heavy atom. The van der Waals surface area contributed by atoms with Crippen molar-refractivity contribution < 1.29 is 0 Å². The minimum atomic E-state index is 0.866. The SMILES string of the molecule is c1cc2cc(-c3cnn(CC4CC4)c3)ccc2[nH]1. The molecule has 1 aromatic carbocycles. The summed E-state index contributed by atoms with van der Waals surface area (Å²) in [5.74, 6) is 0.866. The molecule has 3 nitrogen and oxygen atoms in total. The van der Waals surface area contributed by atoms with Gasteiger partial charge in [-0.25, -0.2) is 0 Å². The Morgan fingerprint density at radius 3 is 3.06 bits per heavy atom. The normalized spacial score (nSPS) is 15.3. The van der Waals surface area contributed by atoms with E-state index in [-0.39, 0.29) is 0 Å². The summed E-state index contributed by atoms with van der Waals surface area (Å²) in [6.07, 6.45) is 8.84. The second kappa shape index (κ2) is 3.73. The van der Waals surface area contributed by atoms with E-state index in [0.717, 1.165) is 12.5 Å². The molecule has 1 fully saturated rings. The molecular weight excluding hydrogens is 222 g/mol. The van der Waals surface area contributed by atoms with Gasteiger partial charge in [0.2, 0.25) is 0 Å². The number of H-pyrrole nitrogens is 1. The van der Waals surface area contributed by atoms with Gasteiger partial charge in [0.05, 0.1) is 6.20 Å². The molecule has 1 saturated carbocycles. The van der Waals surface area contributed by atoms with Crippen LogP contribution >= 0.6 is 0 Å². The maximum atomic E-state index is 4.45. The first-order valence-corrected chi connectivity index (χ1v) is 6.48. The highest BCUT2D eigenvalue weighted by Gasteiger charge is 2.21. The van der Waals surface area contributed by atoms with Crippen LogP contribution in [0.15, 0.2) is 42.9 Å². The summed E-state index contributed by atoms with van der Waals surface area (Å²) in [6, 6.07) is 8.60. The van der Waals surface area contributed by atoms with Crippen LogP contribution in [0.2, 0.25) is 0 Å². The van der Waals surface area contributed by atoms with Gasteiger partial charge in [0, 0.05) is 30.0 Å². The third-order valence-electron chi connectivity index (χ3n) is 3.66. The second-order valence-corrected chi connectivity index (χ2v) is 5.17. The predicted molar refractivity (Wildman–Crippen MR) is 72.2 cm³/mol. The van der Waals surface area contributed by atoms with Crippen LogP contribution in [0.4, 0.5) is 0 Å². The Morgan fingerprint density at radius 1 is 1.22 bits per heavy atom. The van der Waals surface area contributed by atoms with E-state index in [2.05, 4.69) is 45.2 Å². The first-order chi connectivity index (χ1) is 8.88. The standard InChI is InChI=1S/C15H15N3/c1-2-11(1)9-18-10-14(8-17-18)12-3-4-15-13(7-12)5-6-16-15/h3-8,10-11,16H,1-2,9H2. The summed E-state index contributed by atoms with van der Waals surface area (Å²) in [7, 11) is 0. The highest BCUT2D eigenvalue weighted by molar-refractivity contribution is 5.84. The molecule has 0 amide bonds. The van der Waals surface area contributed by atoms with Crippen molar-refractivity contribution in [3.05, 3.63) is 42.9 Å². The van der Waals surface area contributed by atoms with Crippen molar-refractivity contribution in [3.63, 3.8) is 0 Å². The molecule has 0 spiro atoms. The van der Waals surface area contributed by atoms with Crippen LogP contribution < -0.4 is 0 Å². The van der Waals surface area contributed by atoms with E-state index in [1.165, 1.54) is 34.9 Å². The van der Waals surface area contributed by atoms with Crippen molar-refractivity contribution in [2.24, 2.45) is 5.92 Å². The largest absolute Gasteiger partial charge is 0.361 e. The van der Waals surface area contributed by atoms with E-state index in [4.69, 9.17) is 0 Å². The fraction of sp³-hybridized carbons (Fsp3) is 0.267. The van der Waals surface area contributed by atoms with Crippen molar-refractivity contribution in [1.29, 1.82) is 0 Å².